The van der Waals surface area contributed by atoms with Gasteiger partial charge in [-0.05, 0) is 54.6 Å². The molecule has 29 heavy (non-hydrogen) atoms. The van der Waals surface area contributed by atoms with Crippen molar-refractivity contribution < 1.29 is 36.2 Å². The first-order valence-electron chi connectivity index (χ1n) is 8.30. The molecular formula is C20H15F4NO4. The third kappa shape index (κ3) is 5.07. The third-order valence-corrected chi connectivity index (χ3v) is 3.86. The zero-order valence-corrected chi connectivity index (χ0v) is 15.0. The number of carbonyl (C=O) groups excluding carboxylic acids is 1. The SMILES string of the molecule is COc1ccc(NC(=O)c2ccc(COc3ccc(F)cc3)o2)c(C(F)(F)F)c1. The molecule has 1 amide bonds. The van der Waals surface area contributed by atoms with Gasteiger partial charge in [-0.3, -0.25) is 4.79 Å². The average Bonchev–Trinajstić information content (AvgIpc) is 3.16. The van der Waals surface area contributed by atoms with E-state index in [-0.39, 0.29) is 23.9 Å². The first-order valence-corrected chi connectivity index (χ1v) is 8.30. The molecule has 1 aromatic heterocycles. The first kappa shape index (κ1) is 20.2. The van der Waals surface area contributed by atoms with E-state index in [2.05, 4.69) is 5.32 Å². The fourth-order valence-corrected chi connectivity index (χ4v) is 2.44. The summed E-state index contributed by atoms with van der Waals surface area (Å²) in [6.45, 7) is -0.0464. The fraction of sp³-hybridized carbons (Fsp3) is 0.150. The molecular weight excluding hydrogens is 394 g/mol. The number of hydrogen-bond donors (Lipinski definition) is 1. The predicted octanol–water partition coefficient (Wildman–Crippen LogP) is 5.28. The largest absolute Gasteiger partial charge is 0.497 e. The molecule has 0 fully saturated rings. The molecule has 0 saturated carbocycles. The molecule has 9 heteroatoms. The Hall–Kier alpha value is -3.49. The van der Waals surface area contributed by atoms with Crippen molar-refractivity contribution >= 4 is 11.6 Å². The van der Waals surface area contributed by atoms with Crippen molar-refractivity contribution in [3.05, 3.63) is 77.5 Å². The first-order chi connectivity index (χ1) is 13.8. The molecule has 0 aliphatic heterocycles. The van der Waals surface area contributed by atoms with E-state index >= 15 is 0 Å². The second-order valence-corrected chi connectivity index (χ2v) is 5.87. The summed E-state index contributed by atoms with van der Waals surface area (Å²) < 4.78 is 68.1. The van der Waals surface area contributed by atoms with Gasteiger partial charge in [-0.15, -0.1) is 0 Å². The Morgan fingerprint density at radius 1 is 1.03 bits per heavy atom. The molecule has 0 radical (unpaired) electrons. The molecule has 0 aliphatic rings. The van der Waals surface area contributed by atoms with Crippen LogP contribution in [0.5, 0.6) is 11.5 Å². The van der Waals surface area contributed by atoms with Crippen LogP contribution in [0.4, 0.5) is 23.2 Å². The number of alkyl halides is 3. The van der Waals surface area contributed by atoms with Crippen LogP contribution in [0.25, 0.3) is 0 Å². The minimum Gasteiger partial charge on any atom is -0.497 e. The summed E-state index contributed by atoms with van der Waals surface area (Å²) in [7, 11) is 1.24. The predicted molar refractivity (Wildman–Crippen MR) is 95.4 cm³/mol. The molecule has 0 atom stereocenters. The number of carbonyl (C=O) groups is 1. The number of hydrogen-bond acceptors (Lipinski definition) is 4. The number of benzene rings is 2. The summed E-state index contributed by atoms with van der Waals surface area (Å²) >= 11 is 0. The van der Waals surface area contributed by atoms with Crippen molar-refractivity contribution in [3.63, 3.8) is 0 Å². The van der Waals surface area contributed by atoms with Crippen LogP contribution >= 0.6 is 0 Å². The van der Waals surface area contributed by atoms with Gasteiger partial charge in [0.15, 0.2) is 5.76 Å². The van der Waals surface area contributed by atoms with Crippen LogP contribution in [-0.4, -0.2) is 13.0 Å². The Morgan fingerprint density at radius 2 is 1.72 bits per heavy atom. The number of amides is 1. The van der Waals surface area contributed by atoms with Crippen molar-refractivity contribution in [2.45, 2.75) is 12.8 Å². The maximum absolute atomic E-state index is 13.2. The Bertz CT molecular complexity index is 996. The normalized spacial score (nSPS) is 11.2. The summed E-state index contributed by atoms with van der Waals surface area (Å²) in [5, 5.41) is 2.19. The number of nitrogens with one attached hydrogen (secondary N) is 1. The van der Waals surface area contributed by atoms with E-state index in [9.17, 15) is 22.4 Å². The number of anilines is 1. The van der Waals surface area contributed by atoms with Gasteiger partial charge < -0.3 is 19.2 Å². The van der Waals surface area contributed by atoms with E-state index in [1.165, 1.54) is 49.6 Å². The van der Waals surface area contributed by atoms with Crippen LogP contribution in [0.15, 0.2) is 59.0 Å². The Morgan fingerprint density at radius 3 is 2.38 bits per heavy atom. The van der Waals surface area contributed by atoms with Gasteiger partial charge in [0.1, 0.15) is 29.7 Å². The monoisotopic (exact) mass is 409 g/mol. The zero-order valence-electron chi connectivity index (χ0n) is 15.0. The van der Waals surface area contributed by atoms with E-state index in [0.29, 0.717) is 5.75 Å². The van der Waals surface area contributed by atoms with Crippen molar-refractivity contribution in [3.8, 4) is 11.5 Å². The number of furan rings is 1. The molecule has 3 rings (SSSR count). The number of methoxy groups -OCH3 is 1. The summed E-state index contributed by atoms with van der Waals surface area (Å²) in [5.41, 5.74) is -1.47. The van der Waals surface area contributed by atoms with E-state index in [4.69, 9.17) is 13.9 Å². The summed E-state index contributed by atoms with van der Waals surface area (Å²) in [5.74, 6) is -0.785. The van der Waals surface area contributed by atoms with Crippen molar-refractivity contribution in [2.24, 2.45) is 0 Å². The standard InChI is InChI=1S/C20H15F4NO4/c1-27-14-6-8-17(16(10-14)20(22,23)24)25-19(26)18-9-7-15(29-18)11-28-13-4-2-12(21)3-5-13/h2-10H,11H2,1H3,(H,25,26). The van der Waals surface area contributed by atoms with Gasteiger partial charge in [0, 0.05) is 0 Å². The van der Waals surface area contributed by atoms with E-state index < -0.39 is 29.2 Å². The van der Waals surface area contributed by atoms with Crippen LogP contribution in [0.3, 0.4) is 0 Å². The molecule has 152 valence electrons. The number of halogens is 4. The van der Waals surface area contributed by atoms with Gasteiger partial charge in [0.25, 0.3) is 5.91 Å². The Kier molecular flexibility index (Phi) is 5.76. The zero-order chi connectivity index (χ0) is 21.0. The fourth-order valence-electron chi connectivity index (χ4n) is 2.44. The average molecular weight is 409 g/mol. The third-order valence-electron chi connectivity index (χ3n) is 3.86. The Labute approximate surface area is 162 Å². The lowest BCUT2D eigenvalue weighted by molar-refractivity contribution is -0.137. The molecule has 3 aromatic rings. The minimum atomic E-state index is -4.69. The van der Waals surface area contributed by atoms with E-state index in [1.807, 2.05) is 0 Å². The highest BCUT2D eigenvalue weighted by Gasteiger charge is 2.34. The van der Waals surface area contributed by atoms with Gasteiger partial charge in [-0.2, -0.15) is 13.2 Å². The molecule has 0 unspecified atom stereocenters. The molecule has 1 N–H and O–H groups in total. The highest BCUT2D eigenvalue weighted by Crippen LogP contribution is 2.37. The van der Waals surface area contributed by atoms with E-state index in [1.54, 1.807) is 0 Å². The van der Waals surface area contributed by atoms with Crippen LogP contribution in [0.1, 0.15) is 21.9 Å². The lowest BCUT2D eigenvalue weighted by Crippen LogP contribution is -2.16. The van der Waals surface area contributed by atoms with Crippen LogP contribution in [0, 0.1) is 5.82 Å². The summed E-state index contributed by atoms with van der Waals surface area (Å²) in [4.78, 5) is 12.3. The minimum absolute atomic E-state index is 0.00792. The second-order valence-electron chi connectivity index (χ2n) is 5.87. The second kappa shape index (κ2) is 8.26. The maximum Gasteiger partial charge on any atom is 0.418 e. The lowest BCUT2D eigenvalue weighted by atomic mass is 10.1. The van der Waals surface area contributed by atoms with Crippen molar-refractivity contribution in [1.82, 2.24) is 0 Å². The lowest BCUT2D eigenvalue weighted by Gasteiger charge is -2.14. The highest BCUT2D eigenvalue weighted by atomic mass is 19.4. The van der Waals surface area contributed by atoms with Crippen molar-refractivity contribution in [2.75, 3.05) is 12.4 Å². The van der Waals surface area contributed by atoms with Gasteiger partial charge >= 0.3 is 6.18 Å². The van der Waals surface area contributed by atoms with Gasteiger partial charge in [-0.1, -0.05) is 0 Å². The highest BCUT2D eigenvalue weighted by molar-refractivity contribution is 6.02. The van der Waals surface area contributed by atoms with Gasteiger partial charge in [0.2, 0.25) is 0 Å². The Balaban J connectivity index is 1.70. The summed E-state index contributed by atoms with van der Waals surface area (Å²) in [6.07, 6.45) is -4.69. The summed E-state index contributed by atoms with van der Waals surface area (Å²) in [6, 6.07) is 11.3. The van der Waals surface area contributed by atoms with Gasteiger partial charge in [-0.25, -0.2) is 4.39 Å². The van der Waals surface area contributed by atoms with Crippen LogP contribution < -0.4 is 14.8 Å². The van der Waals surface area contributed by atoms with Gasteiger partial charge in [0.05, 0.1) is 18.4 Å². The molecule has 0 spiro atoms. The molecule has 5 nitrogen and oxygen atoms in total. The molecule has 0 bridgehead atoms. The van der Waals surface area contributed by atoms with Crippen molar-refractivity contribution in [1.29, 1.82) is 0 Å². The molecule has 2 aromatic carbocycles. The smallest absolute Gasteiger partial charge is 0.418 e. The van der Waals surface area contributed by atoms with Crippen LogP contribution in [0.2, 0.25) is 0 Å². The van der Waals surface area contributed by atoms with Crippen LogP contribution in [-0.2, 0) is 12.8 Å². The molecule has 1 heterocycles. The topological polar surface area (TPSA) is 60.7 Å². The van der Waals surface area contributed by atoms with E-state index in [0.717, 1.165) is 12.1 Å². The number of ether oxygens (including phenoxy) is 2. The molecule has 0 saturated heterocycles. The molecule has 0 aliphatic carbocycles. The maximum atomic E-state index is 13.2. The quantitative estimate of drug-likeness (QED) is 0.563. The number of rotatable bonds is 6.